The molecule has 0 aromatic carbocycles. The van der Waals surface area contributed by atoms with E-state index >= 15 is 0 Å². The number of aromatic amines is 1. The third kappa shape index (κ3) is 3.34. The number of thiazole rings is 1. The molecule has 2 aromatic rings. The van der Waals surface area contributed by atoms with Gasteiger partial charge in [-0.3, -0.25) is 14.8 Å². The van der Waals surface area contributed by atoms with Gasteiger partial charge in [0.1, 0.15) is 16.7 Å². The zero-order valence-electron chi connectivity index (χ0n) is 12.8. The molecule has 0 amide bonds. The van der Waals surface area contributed by atoms with Crippen LogP contribution in [0.1, 0.15) is 25.5 Å². The molecule has 6 nitrogen and oxygen atoms in total. The molecule has 0 radical (unpaired) electrons. The molecule has 3 rings (SSSR count). The molecule has 2 N–H and O–H groups in total. The number of nitrogens with one attached hydrogen (secondary N) is 2. The van der Waals surface area contributed by atoms with Crippen LogP contribution in [0.3, 0.4) is 0 Å². The fourth-order valence-corrected chi connectivity index (χ4v) is 3.00. The first-order valence-electron chi connectivity index (χ1n) is 7.11. The van der Waals surface area contributed by atoms with Crippen molar-refractivity contribution < 1.29 is 13.2 Å². The van der Waals surface area contributed by atoms with E-state index in [1.165, 1.54) is 23.6 Å². The summed E-state index contributed by atoms with van der Waals surface area (Å²) in [6.45, 7) is 3.98. The van der Waals surface area contributed by atoms with E-state index in [0.717, 1.165) is 16.8 Å². The molecule has 128 valence electrons. The lowest BCUT2D eigenvalue weighted by atomic mass is 10.2. The van der Waals surface area contributed by atoms with Gasteiger partial charge in [0.15, 0.2) is 0 Å². The second-order valence-corrected chi connectivity index (χ2v) is 6.40. The van der Waals surface area contributed by atoms with E-state index in [9.17, 15) is 18.0 Å². The van der Waals surface area contributed by atoms with Gasteiger partial charge in [-0.1, -0.05) is 13.8 Å². The molecule has 1 aliphatic heterocycles. The van der Waals surface area contributed by atoms with Crippen LogP contribution in [-0.2, 0) is 0 Å². The molecule has 0 saturated carbocycles. The Morgan fingerprint density at radius 3 is 2.67 bits per heavy atom. The average molecular weight is 357 g/mol. The number of anilines is 1. The Bertz CT molecular complexity index is 826. The van der Waals surface area contributed by atoms with Crippen LogP contribution in [0.5, 0.6) is 0 Å². The summed E-state index contributed by atoms with van der Waals surface area (Å²) in [6.07, 6.45) is -2.29. The third-order valence-electron chi connectivity index (χ3n) is 3.35. The van der Waals surface area contributed by atoms with Gasteiger partial charge in [-0.2, -0.15) is 13.2 Å². The summed E-state index contributed by atoms with van der Waals surface area (Å²) in [5.74, 6) is 0.203. The molecular weight excluding hydrogens is 343 g/mol. The van der Waals surface area contributed by atoms with Crippen LogP contribution in [0.25, 0.3) is 10.7 Å². The fourth-order valence-electron chi connectivity index (χ4n) is 2.06. The van der Waals surface area contributed by atoms with Gasteiger partial charge < -0.3 is 0 Å². The lowest BCUT2D eigenvalue weighted by Gasteiger charge is -2.20. The summed E-state index contributed by atoms with van der Waals surface area (Å²) >= 11 is 1.33. The van der Waals surface area contributed by atoms with E-state index in [1.54, 1.807) is 0 Å². The first-order valence-corrected chi connectivity index (χ1v) is 7.99. The largest absolute Gasteiger partial charge is 0.409 e. The second-order valence-electron chi connectivity index (χ2n) is 5.55. The van der Waals surface area contributed by atoms with Crippen molar-refractivity contribution >= 4 is 17.3 Å². The topological polar surface area (TPSA) is 73.9 Å². The van der Waals surface area contributed by atoms with E-state index < -0.39 is 17.8 Å². The smallest absolute Gasteiger partial charge is 0.291 e. The Hall–Kier alpha value is -2.20. The molecule has 10 heteroatoms. The average Bonchev–Trinajstić information content (AvgIpc) is 3.16. The minimum absolute atomic E-state index is 0.0261. The number of H-pyrrole nitrogens is 1. The Morgan fingerprint density at radius 1 is 1.33 bits per heavy atom. The molecule has 0 saturated heterocycles. The van der Waals surface area contributed by atoms with Crippen LogP contribution in [-0.4, -0.2) is 27.2 Å². The predicted molar refractivity (Wildman–Crippen MR) is 84.7 cm³/mol. The number of hydrogen-bond donors (Lipinski definition) is 2. The van der Waals surface area contributed by atoms with E-state index in [1.807, 2.05) is 19.2 Å². The quantitative estimate of drug-likeness (QED) is 0.884. The van der Waals surface area contributed by atoms with Gasteiger partial charge >= 0.3 is 6.18 Å². The number of hydrogen-bond acceptors (Lipinski definition) is 6. The predicted octanol–water partition coefficient (Wildman–Crippen LogP) is 2.79. The Balaban J connectivity index is 1.90. The van der Waals surface area contributed by atoms with Gasteiger partial charge in [-0.25, -0.2) is 15.4 Å². The van der Waals surface area contributed by atoms with Crippen LogP contribution in [0, 0.1) is 0 Å². The van der Waals surface area contributed by atoms with Crippen molar-refractivity contribution in [1.29, 1.82) is 0 Å². The van der Waals surface area contributed by atoms with Gasteiger partial charge in [0.25, 0.3) is 5.56 Å². The molecule has 3 heterocycles. The first kappa shape index (κ1) is 16.7. The van der Waals surface area contributed by atoms with E-state index in [4.69, 9.17) is 0 Å². The summed E-state index contributed by atoms with van der Waals surface area (Å²) in [4.78, 5) is 22.9. The molecule has 24 heavy (non-hydrogen) atoms. The fraction of sp³-hybridized carbons (Fsp3) is 0.357. The standard InChI is InChI=1S/C14H14F3N5OS/c1-7(2)9-6-24-12(18-9)8-5-11(23)20-13(19-8)22-4-3-10(21-22)14(15,16)17/h3-7,10,21H,1-2H3,(H,19,20,23). The van der Waals surface area contributed by atoms with Crippen LogP contribution in [0.2, 0.25) is 0 Å². The molecule has 1 aliphatic rings. The van der Waals surface area contributed by atoms with Crippen molar-refractivity contribution in [3.05, 3.63) is 39.8 Å². The highest BCUT2D eigenvalue weighted by Gasteiger charge is 2.41. The van der Waals surface area contributed by atoms with Crippen LogP contribution in [0.4, 0.5) is 19.1 Å². The van der Waals surface area contributed by atoms with Crippen molar-refractivity contribution in [3.8, 4) is 10.7 Å². The molecular formula is C14H14F3N5OS. The highest BCUT2D eigenvalue weighted by molar-refractivity contribution is 7.13. The summed E-state index contributed by atoms with van der Waals surface area (Å²) in [5.41, 5.74) is 2.94. The summed E-state index contributed by atoms with van der Waals surface area (Å²) in [7, 11) is 0. The maximum atomic E-state index is 12.7. The number of nitrogens with zero attached hydrogens (tertiary/aromatic N) is 3. The van der Waals surface area contributed by atoms with Gasteiger partial charge in [-0.05, 0) is 12.0 Å². The summed E-state index contributed by atoms with van der Waals surface area (Å²) in [5, 5.41) is 3.46. The third-order valence-corrected chi connectivity index (χ3v) is 4.23. The molecule has 0 aliphatic carbocycles. The number of halogens is 3. The second kappa shape index (κ2) is 6.02. The highest BCUT2D eigenvalue weighted by Crippen LogP contribution is 2.27. The van der Waals surface area contributed by atoms with Crippen LogP contribution >= 0.6 is 11.3 Å². The molecule has 2 aromatic heterocycles. The van der Waals surface area contributed by atoms with Crippen molar-refractivity contribution in [2.45, 2.75) is 32.0 Å². The summed E-state index contributed by atoms with van der Waals surface area (Å²) in [6, 6.07) is -0.549. The summed E-state index contributed by atoms with van der Waals surface area (Å²) < 4.78 is 38.1. The van der Waals surface area contributed by atoms with Crippen molar-refractivity contribution in [1.82, 2.24) is 20.4 Å². The van der Waals surface area contributed by atoms with Crippen molar-refractivity contribution in [3.63, 3.8) is 0 Å². The van der Waals surface area contributed by atoms with Crippen LogP contribution in [0.15, 0.2) is 28.5 Å². The first-order chi connectivity index (χ1) is 11.2. The van der Waals surface area contributed by atoms with E-state index in [0.29, 0.717) is 10.7 Å². The molecule has 0 bridgehead atoms. The Labute approximate surface area is 139 Å². The Kier molecular flexibility index (Phi) is 4.18. The van der Waals surface area contributed by atoms with E-state index in [2.05, 4.69) is 20.4 Å². The van der Waals surface area contributed by atoms with Gasteiger partial charge in [-0.15, -0.1) is 11.3 Å². The maximum Gasteiger partial charge on any atom is 0.409 e. The molecule has 0 fully saturated rings. The molecule has 1 atom stereocenters. The number of alkyl halides is 3. The van der Waals surface area contributed by atoms with Gasteiger partial charge in [0.05, 0.1) is 5.69 Å². The van der Waals surface area contributed by atoms with Crippen molar-refractivity contribution in [2.24, 2.45) is 0 Å². The number of rotatable bonds is 3. The zero-order valence-corrected chi connectivity index (χ0v) is 13.6. The Morgan fingerprint density at radius 2 is 2.08 bits per heavy atom. The lowest BCUT2D eigenvalue weighted by molar-refractivity contribution is -0.142. The number of hydrazine groups is 1. The zero-order chi connectivity index (χ0) is 17.5. The van der Waals surface area contributed by atoms with E-state index in [-0.39, 0.29) is 11.9 Å². The van der Waals surface area contributed by atoms with Crippen LogP contribution < -0.4 is 16.0 Å². The lowest BCUT2D eigenvalue weighted by Crippen LogP contribution is -2.44. The molecule has 1 unspecified atom stereocenters. The highest BCUT2D eigenvalue weighted by atomic mass is 32.1. The van der Waals surface area contributed by atoms with Gasteiger partial charge in [0, 0.05) is 17.6 Å². The number of aromatic nitrogens is 3. The minimum atomic E-state index is -4.43. The maximum absolute atomic E-state index is 12.7. The monoisotopic (exact) mass is 357 g/mol. The normalized spacial score (nSPS) is 17.9. The SMILES string of the molecule is CC(C)c1csc(-c2cc(=O)[nH]c(N3C=CC(C(F)(F)F)N3)n2)n1. The minimum Gasteiger partial charge on any atom is -0.291 e. The van der Waals surface area contributed by atoms with Gasteiger partial charge in [0.2, 0.25) is 5.95 Å². The van der Waals surface area contributed by atoms with Crippen molar-refractivity contribution in [2.75, 3.05) is 5.01 Å². The molecule has 0 spiro atoms.